The quantitative estimate of drug-likeness (QED) is 0.393. The summed E-state index contributed by atoms with van der Waals surface area (Å²) in [5.74, 6) is 0.768. The number of aromatic amines is 1. The molecule has 2 unspecified atom stereocenters. The molecule has 1 aliphatic heterocycles. The normalized spacial score (nSPS) is 18.8. The predicted octanol–water partition coefficient (Wildman–Crippen LogP) is 5.48. The van der Waals surface area contributed by atoms with Gasteiger partial charge in [-0.15, -0.1) is 0 Å². The molecule has 0 amide bonds. The highest BCUT2D eigenvalue weighted by atomic mass is 19.4. The predicted molar refractivity (Wildman–Crippen MR) is 112 cm³/mol. The zero-order valence-corrected chi connectivity index (χ0v) is 16.7. The standard InChI is InChI=1S/C24H19F3N2O3/c25-24(26,27)14-8-10-16(11-9-14)32-21-7-3-6-20-19(21)12-15(28-20)13-29-22(30)17-4-1-2-5-18(17)23(29)31/h1-12,22-23,28,30-31H,13H2. The number of hydrogen-bond acceptors (Lipinski definition) is 4. The van der Waals surface area contributed by atoms with Gasteiger partial charge in [-0.3, -0.25) is 0 Å². The first-order chi connectivity index (χ1) is 15.3. The summed E-state index contributed by atoms with van der Waals surface area (Å²) in [5.41, 5.74) is 2.11. The molecule has 5 rings (SSSR count). The van der Waals surface area contributed by atoms with Gasteiger partial charge in [0, 0.05) is 34.3 Å². The number of aliphatic hydroxyl groups is 2. The van der Waals surface area contributed by atoms with Crippen molar-refractivity contribution in [2.45, 2.75) is 25.2 Å². The van der Waals surface area contributed by atoms with Gasteiger partial charge in [0.25, 0.3) is 0 Å². The molecule has 0 spiro atoms. The lowest BCUT2D eigenvalue weighted by molar-refractivity contribution is -0.137. The Morgan fingerprint density at radius 1 is 0.875 bits per heavy atom. The summed E-state index contributed by atoms with van der Waals surface area (Å²) in [7, 11) is 0. The van der Waals surface area contributed by atoms with Gasteiger partial charge >= 0.3 is 6.18 Å². The molecule has 0 radical (unpaired) electrons. The Hall–Kier alpha value is -3.33. The lowest BCUT2D eigenvalue weighted by atomic mass is 10.1. The van der Waals surface area contributed by atoms with Crippen molar-refractivity contribution in [1.29, 1.82) is 0 Å². The molecule has 8 heteroatoms. The molecule has 1 aromatic heterocycles. The van der Waals surface area contributed by atoms with Crippen LogP contribution in [0.15, 0.2) is 72.8 Å². The molecule has 0 fully saturated rings. The van der Waals surface area contributed by atoms with E-state index in [0.29, 0.717) is 16.9 Å². The first kappa shape index (κ1) is 20.6. The molecular formula is C24H19F3N2O3. The molecule has 5 nitrogen and oxygen atoms in total. The van der Waals surface area contributed by atoms with Gasteiger partial charge < -0.3 is 19.9 Å². The third kappa shape index (κ3) is 3.62. The molecule has 2 heterocycles. The molecule has 3 aromatic carbocycles. The minimum Gasteiger partial charge on any atom is -0.457 e. The third-order valence-corrected chi connectivity index (χ3v) is 5.62. The second kappa shape index (κ2) is 7.67. The summed E-state index contributed by atoms with van der Waals surface area (Å²) in [6.07, 6.45) is -6.27. The van der Waals surface area contributed by atoms with E-state index in [0.717, 1.165) is 28.7 Å². The number of benzene rings is 3. The van der Waals surface area contributed by atoms with Crippen molar-refractivity contribution in [3.05, 3.63) is 95.2 Å². The lowest BCUT2D eigenvalue weighted by Crippen LogP contribution is -2.25. The van der Waals surface area contributed by atoms with Gasteiger partial charge in [0.2, 0.25) is 0 Å². The number of rotatable bonds is 4. The number of halogens is 3. The van der Waals surface area contributed by atoms with Crippen LogP contribution in [-0.2, 0) is 12.7 Å². The van der Waals surface area contributed by atoms with Crippen LogP contribution in [0.25, 0.3) is 10.9 Å². The van der Waals surface area contributed by atoms with Crippen molar-refractivity contribution < 1.29 is 28.1 Å². The van der Waals surface area contributed by atoms with Gasteiger partial charge in [-0.1, -0.05) is 30.3 Å². The van der Waals surface area contributed by atoms with Crippen LogP contribution in [0.1, 0.15) is 34.8 Å². The summed E-state index contributed by atoms with van der Waals surface area (Å²) in [6.45, 7) is 0.255. The van der Waals surface area contributed by atoms with Crippen molar-refractivity contribution in [2.24, 2.45) is 0 Å². The van der Waals surface area contributed by atoms with Gasteiger partial charge in [0.1, 0.15) is 24.0 Å². The Morgan fingerprint density at radius 2 is 1.53 bits per heavy atom. The van der Waals surface area contributed by atoms with Gasteiger partial charge in [0.15, 0.2) is 0 Å². The van der Waals surface area contributed by atoms with Gasteiger partial charge in [-0.2, -0.15) is 13.2 Å². The Balaban J connectivity index is 1.39. The van der Waals surface area contributed by atoms with Gasteiger partial charge in [-0.25, -0.2) is 4.90 Å². The summed E-state index contributed by atoms with van der Waals surface area (Å²) in [4.78, 5) is 4.81. The smallest absolute Gasteiger partial charge is 0.416 e. The molecule has 2 atom stereocenters. The summed E-state index contributed by atoms with van der Waals surface area (Å²) >= 11 is 0. The van der Waals surface area contributed by atoms with Crippen LogP contribution in [0.4, 0.5) is 13.2 Å². The summed E-state index contributed by atoms with van der Waals surface area (Å²) < 4.78 is 44.2. The van der Waals surface area contributed by atoms with E-state index in [1.165, 1.54) is 12.1 Å². The van der Waals surface area contributed by atoms with Crippen LogP contribution in [0.2, 0.25) is 0 Å². The number of ether oxygens (including phenoxy) is 1. The van der Waals surface area contributed by atoms with Crippen LogP contribution < -0.4 is 4.74 Å². The number of H-pyrrole nitrogens is 1. The Bertz CT molecular complexity index is 1240. The van der Waals surface area contributed by atoms with Crippen LogP contribution >= 0.6 is 0 Å². The fraction of sp³-hybridized carbons (Fsp3) is 0.167. The van der Waals surface area contributed by atoms with Crippen LogP contribution in [0.3, 0.4) is 0 Å². The number of aliphatic hydroxyl groups excluding tert-OH is 2. The average Bonchev–Trinajstić information content (AvgIpc) is 3.29. The van der Waals surface area contributed by atoms with Gasteiger partial charge in [-0.05, 0) is 42.5 Å². The van der Waals surface area contributed by atoms with Crippen molar-refractivity contribution in [3.63, 3.8) is 0 Å². The number of aromatic nitrogens is 1. The van der Waals surface area contributed by atoms with Crippen LogP contribution in [0, 0.1) is 0 Å². The molecule has 164 valence electrons. The number of hydrogen-bond donors (Lipinski definition) is 3. The maximum atomic E-state index is 12.8. The second-order valence-corrected chi connectivity index (χ2v) is 7.68. The highest BCUT2D eigenvalue weighted by molar-refractivity contribution is 5.87. The number of nitrogens with zero attached hydrogens (tertiary/aromatic N) is 1. The molecule has 0 saturated heterocycles. The number of alkyl halides is 3. The Labute approximate surface area is 181 Å². The molecule has 4 aromatic rings. The topological polar surface area (TPSA) is 68.7 Å². The fourth-order valence-electron chi connectivity index (χ4n) is 4.04. The summed E-state index contributed by atoms with van der Waals surface area (Å²) in [5, 5.41) is 22.0. The minimum absolute atomic E-state index is 0.255. The third-order valence-electron chi connectivity index (χ3n) is 5.62. The molecule has 3 N–H and O–H groups in total. The van der Waals surface area contributed by atoms with Crippen molar-refractivity contribution >= 4 is 10.9 Å². The maximum absolute atomic E-state index is 12.8. The van der Waals surface area contributed by atoms with Crippen LogP contribution in [0.5, 0.6) is 11.5 Å². The van der Waals surface area contributed by atoms with Crippen molar-refractivity contribution in [1.82, 2.24) is 9.88 Å². The zero-order valence-electron chi connectivity index (χ0n) is 16.7. The van der Waals surface area contributed by atoms with E-state index in [1.54, 1.807) is 29.2 Å². The van der Waals surface area contributed by atoms with Gasteiger partial charge in [0.05, 0.1) is 5.56 Å². The van der Waals surface area contributed by atoms with Crippen molar-refractivity contribution in [2.75, 3.05) is 0 Å². The number of fused-ring (bicyclic) bond motifs is 2. The first-order valence-electron chi connectivity index (χ1n) is 9.98. The molecule has 32 heavy (non-hydrogen) atoms. The largest absolute Gasteiger partial charge is 0.457 e. The highest BCUT2D eigenvalue weighted by Gasteiger charge is 2.36. The second-order valence-electron chi connectivity index (χ2n) is 7.68. The zero-order chi connectivity index (χ0) is 22.5. The molecular weight excluding hydrogens is 421 g/mol. The minimum atomic E-state index is -4.40. The van der Waals surface area contributed by atoms with E-state index in [2.05, 4.69) is 4.98 Å². The molecule has 1 aliphatic rings. The Kier molecular flexibility index (Phi) is 4.93. The SMILES string of the molecule is OC1c2ccccc2C(O)N1Cc1cc2c(Oc3ccc(C(F)(F)F)cc3)cccc2[nH]1. The molecule has 0 bridgehead atoms. The highest BCUT2D eigenvalue weighted by Crippen LogP contribution is 2.40. The Morgan fingerprint density at radius 3 is 2.16 bits per heavy atom. The van der Waals surface area contributed by atoms with Crippen molar-refractivity contribution in [3.8, 4) is 11.5 Å². The molecule has 0 aliphatic carbocycles. The average molecular weight is 440 g/mol. The van der Waals surface area contributed by atoms with Crippen LogP contribution in [-0.4, -0.2) is 20.1 Å². The van der Waals surface area contributed by atoms with E-state index < -0.39 is 24.2 Å². The lowest BCUT2D eigenvalue weighted by Gasteiger charge is -2.23. The first-order valence-corrected chi connectivity index (χ1v) is 9.98. The molecule has 0 saturated carbocycles. The van der Waals surface area contributed by atoms with E-state index in [4.69, 9.17) is 4.74 Å². The van der Waals surface area contributed by atoms with E-state index in [9.17, 15) is 23.4 Å². The maximum Gasteiger partial charge on any atom is 0.416 e. The summed E-state index contributed by atoms with van der Waals surface area (Å²) in [6, 6.07) is 18.9. The van der Waals surface area contributed by atoms with E-state index in [1.807, 2.05) is 24.3 Å². The monoisotopic (exact) mass is 440 g/mol. The van der Waals surface area contributed by atoms with E-state index in [-0.39, 0.29) is 12.3 Å². The fourth-order valence-corrected chi connectivity index (χ4v) is 4.04. The number of nitrogens with one attached hydrogen (secondary N) is 1. The van der Waals surface area contributed by atoms with E-state index >= 15 is 0 Å².